The van der Waals surface area contributed by atoms with Gasteiger partial charge in [-0.3, -0.25) is 4.98 Å². The number of nitrogens with zero attached hydrogens (tertiary/aromatic N) is 4. The Balaban J connectivity index is 2.11. The lowest BCUT2D eigenvalue weighted by atomic mass is 10.2. The SMILES string of the molecule is OCc1cn(-c2ccc3cccnc3c2)nn1. The van der Waals surface area contributed by atoms with E-state index in [0.29, 0.717) is 5.69 Å². The van der Waals surface area contributed by atoms with Crippen LogP contribution in [0, 0.1) is 0 Å². The first-order valence-electron chi connectivity index (χ1n) is 5.24. The third kappa shape index (κ3) is 1.76. The van der Waals surface area contributed by atoms with Gasteiger partial charge >= 0.3 is 0 Å². The maximum atomic E-state index is 8.94. The minimum atomic E-state index is -0.105. The molecule has 17 heavy (non-hydrogen) atoms. The number of rotatable bonds is 2. The monoisotopic (exact) mass is 226 g/mol. The van der Waals surface area contributed by atoms with Gasteiger partial charge in [-0.2, -0.15) is 0 Å². The summed E-state index contributed by atoms with van der Waals surface area (Å²) >= 11 is 0. The molecule has 0 aliphatic rings. The van der Waals surface area contributed by atoms with Crippen LogP contribution in [0.25, 0.3) is 16.6 Å². The molecule has 0 fully saturated rings. The summed E-state index contributed by atoms with van der Waals surface area (Å²) in [7, 11) is 0. The molecule has 2 heterocycles. The van der Waals surface area contributed by atoms with E-state index in [9.17, 15) is 0 Å². The number of benzene rings is 1. The van der Waals surface area contributed by atoms with E-state index < -0.39 is 0 Å². The van der Waals surface area contributed by atoms with Crippen LogP contribution in [0.4, 0.5) is 0 Å². The Morgan fingerprint density at radius 3 is 3.00 bits per heavy atom. The summed E-state index contributed by atoms with van der Waals surface area (Å²) in [6.07, 6.45) is 3.46. The predicted molar refractivity (Wildman–Crippen MR) is 62.6 cm³/mol. The van der Waals surface area contributed by atoms with Crippen LogP contribution in [0.2, 0.25) is 0 Å². The van der Waals surface area contributed by atoms with Crippen LogP contribution in [0.1, 0.15) is 5.69 Å². The molecule has 1 aromatic carbocycles. The molecule has 84 valence electrons. The lowest BCUT2D eigenvalue weighted by Crippen LogP contribution is -1.94. The van der Waals surface area contributed by atoms with E-state index in [4.69, 9.17) is 5.11 Å². The second-order valence-electron chi connectivity index (χ2n) is 3.69. The summed E-state index contributed by atoms with van der Waals surface area (Å²) in [4.78, 5) is 4.28. The standard InChI is InChI=1S/C12H10N4O/c17-8-10-7-16(15-14-10)11-4-3-9-2-1-5-13-12(9)6-11/h1-7,17H,8H2. The minimum Gasteiger partial charge on any atom is -0.390 e. The van der Waals surface area contributed by atoms with Crippen LogP contribution >= 0.6 is 0 Å². The van der Waals surface area contributed by atoms with Gasteiger partial charge in [-0.25, -0.2) is 4.68 Å². The van der Waals surface area contributed by atoms with Crippen molar-refractivity contribution in [3.63, 3.8) is 0 Å². The molecule has 0 unspecified atom stereocenters. The summed E-state index contributed by atoms with van der Waals surface area (Å²) in [6.45, 7) is -0.105. The molecule has 5 nitrogen and oxygen atoms in total. The molecule has 1 N–H and O–H groups in total. The fourth-order valence-corrected chi connectivity index (χ4v) is 1.69. The third-order valence-electron chi connectivity index (χ3n) is 2.56. The molecule has 2 aromatic heterocycles. The first-order valence-corrected chi connectivity index (χ1v) is 5.24. The van der Waals surface area contributed by atoms with Gasteiger partial charge in [-0.05, 0) is 18.2 Å². The smallest absolute Gasteiger partial charge is 0.109 e. The summed E-state index contributed by atoms with van der Waals surface area (Å²) in [6, 6.07) is 9.77. The van der Waals surface area contributed by atoms with Crippen molar-refractivity contribution in [3.05, 3.63) is 48.4 Å². The Bertz CT molecular complexity index is 662. The first-order chi connectivity index (χ1) is 8.36. The Morgan fingerprint density at radius 2 is 2.18 bits per heavy atom. The van der Waals surface area contributed by atoms with Crippen molar-refractivity contribution in [1.82, 2.24) is 20.0 Å². The zero-order valence-electron chi connectivity index (χ0n) is 8.98. The van der Waals surface area contributed by atoms with Gasteiger partial charge in [0.15, 0.2) is 0 Å². The molecule has 0 atom stereocenters. The number of aliphatic hydroxyl groups is 1. The van der Waals surface area contributed by atoms with Crippen LogP contribution in [0.15, 0.2) is 42.7 Å². The van der Waals surface area contributed by atoms with Gasteiger partial charge in [0, 0.05) is 11.6 Å². The fraction of sp³-hybridized carbons (Fsp3) is 0.0833. The summed E-state index contributed by atoms with van der Waals surface area (Å²) in [5, 5.41) is 17.8. The van der Waals surface area contributed by atoms with E-state index in [-0.39, 0.29) is 6.61 Å². The molecular formula is C12H10N4O. The number of aromatic nitrogens is 4. The average Bonchev–Trinajstić information content (AvgIpc) is 2.87. The number of fused-ring (bicyclic) bond motifs is 1. The molecule has 0 amide bonds. The van der Waals surface area contributed by atoms with Crippen molar-refractivity contribution in [2.75, 3.05) is 0 Å². The van der Waals surface area contributed by atoms with Gasteiger partial charge in [0.05, 0.1) is 24.0 Å². The van der Waals surface area contributed by atoms with Crippen LogP contribution in [0.3, 0.4) is 0 Å². The zero-order chi connectivity index (χ0) is 11.7. The average molecular weight is 226 g/mol. The molecule has 0 saturated heterocycles. The largest absolute Gasteiger partial charge is 0.390 e. The van der Waals surface area contributed by atoms with Gasteiger partial charge in [-0.1, -0.05) is 17.3 Å². The quantitative estimate of drug-likeness (QED) is 0.715. The molecule has 0 saturated carbocycles. The van der Waals surface area contributed by atoms with Crippen molar-refractivity contribution < 1.29 is 5.11 Å². The Labute approximate surface area is 97.3 Å². The van der Waals surface area contributed by atoms with Crippen LogP contribution in [-0.4, -0.2) is 25.1 Å². The maximum absolute atomic E-state index is 8.94. The highest BCUT2D eigenvalue weighted by molar-refractivity contribution is 5.80. The Morgan fingerprint density at radius 1 is 1.24 bits per heavy atom. The summed E-state index contributed by atoms with van der Waals surface area (Å²) < 4.78 is 1.62. The van der Waals surface area contributed by atoms with E-state index in [2.05, 4.69) is 15.3 Å². The van der Waals surface area contributed by atoms with Crippen molar-refractivity contribution >= 4 is 10.9 Å². The Hall–Kier alpha value is -2.27. The van der Waals surface area contributed by atoms with Crippen LogP contribution in [0.5, 0.6) is 0 Å². The van der Waals surface area contributed by atoms with Crippen molar-refractivity contribution in [1.29, 1.82) is 0 Å². The highest BCUT2D eigenvalue weighted by atomic mass is 16.3. The normalized spacial score (nSPS) is 10.9. The molecule has 0 radical (unpaired) electrons. The van der Waals surface area contributed by atoms with Crippen molar-refractivity contribution in [2.45, 2.75) is 6.61 Å². The van der Waals surface area contributed by atoms with Gasteiger partial charge < -0.3 is 5.11 Å². The van der Waals surface area contributed by atoms with E-state index in [1.54, 1.807) is 17.1 Å². The van der Waals surface area contributed by atoms with Gasteiger partial charge in [0.25, 0.3) is 0 Å². The van der Waals surface area contributed by atoms with Gasteiger partial charge in [0.2, 0.25) is 0 Å². The lowest BCUT2D eigenvalue weighted by molar-refractivity contribution is 0.276. The van der Waals surface area contributed by atoms with Crippen molar-refractivity contribution in [3.8, 4) is 5.69 Å². The molecule has 3 aromatic rings. The number of hydrogen-bond acceptors (Lipinski definition) is 4. The molecule has 5 heteroatoms. The molecule has 0 aliphatic carbocycles. The second kappa shape index (κ2) is 3.95. The highest BCUT2D eigenvalue weighted by Crippen LogP contribution is 2.15. The second-order valence-corrected chi connectivity index (χ2v) is 3.69. The number of pyridine rings is 1. The van der Waals surface area contributed by atoms with E-state index in [1.165, 1.54) is 0 Å². The molecule has 3 rings (SSSR count). The highest BCUT2D eigenvalue weighted by Gasteiger charge is 2.03. The van der Waals surface area contributed by atoms with Crippen molar-refractivity contribution in [2.24, 2.45) is 0 Å². The Kier molecular flexibility index (Phi) is 2.31. The van der Waals surface area contributed by atoms with Crippen LogP contribution < -0.4 is 0 Å². The first kappa shape index (κ1) is 9.92. The van der Waals surface area contributed by atoms with E-state index in [1.807, 2.05) is 30.3 Å². The molecular weight excluding hydrogens is 216 g/mol. The zero-order valence-corrected chi connectivity index (χ0v) is 8.98. The molecule has 0 bridgehead atoms. The van der Waals surface area contributed by atoms with E-state index >= 15 is 0 Å². The molecule has 0 aliphatic heterocycles. The number of aliphatic hydroxyl groups excluding tert-OH is 1. The third-order valence-corrected chi connectivity index (χ3v) is 2.56. The van der Waals surface area contributed by atoms with E-state index in [0.717, 1.165) is 16.6 Å². The summed E-state index contributed by atoms with van der Waals surface area (Å²) in [5.74, 6) is 0. The topological polar surface area (TPSA) is 63.8 Å². The molecule has 0 spiro atoms. The van der Waals surface area contributed by atoms with Crippen LogP contribution in [-0.2, 0) is 6.61 Å². The predicted octanol–water partition coefficient (Wildman–Crippen LogP) is 1.31. The van der Waals surface area contributed by atoms with Gasteiger partial charge in [-0.15, -0.1) is 5.10 Å². The lowest BCUT2D eigenvalue weighted by Gasteiger charge is -2.01. The maximum Gasteiger partial charge on any atom is 0.109 e. The number of hydrogen-bond donors (Lipinski definition) is 1. The summed E-state index contributed by atoms with van der Waals surface area (Å²) in [5.41, 5.74) is 2.33. The van der Waals surface area contributed by atoms with Gasteiger partial charge in [0.1, 0.15) is 5.69 Å². The minimum absolute atomic E-state index is 0.105. The fourth-order valence-electron chi connectivity index (χ4n) is 1.69.